The largest absolute Gasteiger partial charge is 0.457 e. The van der Waals surface area contributed by atoms with Gasteiger partial charge >= 0.3 is 5.97 Å². The van der Waals surface area contributed by atoms with E-state index in [-0.39, 0.29) is 18.5 Å². The second-order valence-corrected chi connectivity index (χ2v) is 5.73. The molecule has 2 rings (SSSR count). The molecule has 0 saturated heterocycles. The Morgan fingerprint density at radius 1 is 1.09 bits per heavy atom. The van der Waals surface area contributed by atoms with Gasteiger partial charge in [-0.25, -0.2) is 4.79 Å². The standard InChI is InChI=1S/C17H16BrNO3/c1-12(20)19-10-13-5-7-15(8-6-13)17(21)22-11-14-3-2-4-16(18)9-14/h2-9H,10-11H2,1H3,(H,19,20). The third kappa shape index (κ3) is 5.00. The Morgan fingerprint density at radius 2 is 1.82 bits per heavy atom. The molecular weight excluding hydrogens is 346 g/mol. The molecule has 22 heavy (non-hydrogen) atoms. The van der Waals surface area contributed by atoms with Crippen LogP contribution in [0.3, 0.4) is 0 Å². The average molecular weight is 362 g/mol. The fourth-order valence-corrected chi connectivity index (χ4v) is 2.29. The molecule has 0 aliphatic carbocycles. The SMILES string of the molecule is CC(=O)NCc1ccc(C(=O)OCc2cccc(Br)c2)cc1. The van der Waals surface area contributed by atoms with Gasteiger partial charge in [0.1, 0.15) is 6.61 Å². The van der Waals surface area contributed by atoms with Gasteiger partial charge in [0.05, 0.1) is 5.56 Å². The third-order valence-electron chi connectivity index (χ3n) is 2.99. The number of amides is 1. The summed E-state index contributed by atoms with van der Waals surface area (Å²) in [5.41, 5.74) is 2.34. The first-order valence-corrected chi connectivity index (χ1v) is 7.59. The minimum absolute atomic E-state index is 0.0856. The van der Waals surface area contributed by atoms with E-state index in [0.717, 1.165) is 15.6 Å². The second-order valence-electron chi connectivity index (χ2n) is 4.81. The first-order valence-electron chi connectivity index (χ1n) is 6.79. The summed E-state index contributed by atoms with van der Waals surface area (Å²) >= 11 is 3.38. The van der Waals surface area contributed by atoms with Crippen LogP contribution in [0.25, 0.3) is 0 Å². The quantitative estimate of drug-likeness (QED) is 0.829. The lowest BCUT2D eigenvalue weighted by Crippen LogP contribution is -2.18. The molecule has 1 N–H and O–H groups in total. The maximum Gasteiger partial charge on any atom is 0.338 e. The smallest absolute Gasteiger partial charge is 0.338 e. The molecule has 2 aromatic carbocycles. The fraction of sp³-hybridized carbons (Fsp3) is 0.176. The van der Waals surface area contributed by atoms with Gasteiger partial charge in [-0.05, 0) is 35.4 Å². The predicted octanol–water partition coefficient (Wildman–Crippen LogP) is 3.44. The van der Waals surface area contributed by atoms with E-state index >= 15 is 0 Å². The normalized spacial score (nSPS) is 10.1. The van der Waals surface area contributed by atoms with E-state index in [0.29, 0.717) is 12.1 Å². The van der Waals surface area contributed by atoms with Gasteiger partial charge in [0.25, 0.3) is 0 Å². The summed E-state index contributed by atoms with van der Waals surface area (Å²) in [7, 11) is 0. The zero-order valence-electron chi connectivity index (χ0n) is 12.1. The molecule has 0 aromatic heterocycles. The van der Waals surface area contributed by atoms with E-state index in [4.69, 9.17) is 4.74 Å². The molecule has 4 nitrogen and oxygen atoms in total. The van der Waals surface area contributed by atoms with Gasteiger partial charge in [0, 0.05) is 17.9 Å². The van der Waals surface area contributed by atoms with Gasteiger partial charge in [0.2, 0.25) is 5.91 Å². The number of esters is 1. The Kier molecular flexibility index (Phi) is 5.72. The van der Waals surface area contributed by atoms with Crippen LogP contribution in [0.4, 0.5) is 0 Å². The van der Waals surface area contributed by atoms with Crippen molar-refractivity contribution in [2.75, 3.05) is 0 Å². The number of benzene rings is 2. The fourth-order valence-electron chi connectivity index (χ4n) is 1.84. The van der Waals surface area contributed by atoms with Crippen molar-refractivity contribution in [1.29, 1.82) is 0 Å². The van der Waals surface area contributed by atoms with Crippen LogP contribution < -0.4 is 5.32 Å². The zero-order valence-corrected chi connectivity index (χ0v) is 13.7. The van der Waals surface area contributed by atoms with Crippen LogP contribution >= 0.6 is 15.9 Å². The molecule has 0 bridgehead atoms. The third-order valence-corrected chi connectivity index (χ3v) is 3.48. The van der Waals surface area contributed by atoms with Crippen LogP contribution in [0, 0.1) is 0 Å². The van der Waals surface area contributed by atoms with E-state index in [2.05, 4.69) is 21.2 Å². The molecular formula is C17H16BrNO3. The van der Waals surface area contributed by atoms with Crippen molar-refractivity contribution in [1.82, 2.24) is 5.32 Å². The van der Waals surface area contributed by atoms with Crippen LogP contribution in [0.15, 0.2) is 53.0 Å². The maximum absolute atomic E-state index is 12.0. The summed E-state index contributed by atoms with van der Waals surface area (Å²) < 4.78 is 6.23. The van der Waals surface area contributed by atoms with Gasteiger partial charge in [-0.2, -0.15) is 0 Å². The van der Waals surface area contributed by atoms with Crippen LogP contribution in [-0.2, 0) is 22.7 Å². The van der Waals surface area contributed by atoms with E-state index in [1.807, 2.05) is 24.3 Å². The summed E-state index contributed by atoms with van der Waals surface area (Å²) in [5, 5.41) is 2.70. The predicted molar refractivity (Wildman–Crippen MR) is 87.2 cm³/mol. The van der Waals surface area contributed by atoms with Crippen molar-refractivity contribution in [3.63, 3.8) is 0 Å². The molecule has 114 valence electrons. The lowest BCUT2D eigenvalue weighted by molar-refractivity contribution is -0.119. The van der Waals surface area contributed by atoms with E-state index in [1.54, 1.807) is 24.3 Å². The van der Waals surface area contributed by atoms with Crippen LogP contribution in [0.2, 0.25) is 0 Å². The lowest BCUT2D eigenvalue weighted by atomic mass is 10.1. The van der Waals surface area contributed by atoms with Crippen molar-refractivity contribution in [2.45, 2.75) is 20.1 Å². The Morgan fingerprint density at radius 3 is 2.45 bits per heavy atom. The number of rotatable bonds is 5. The van der Waals surface area contributed by atoms with Gasteiger partial charge in [-0.1, -0.05) is 40.2 Å². The average Bonchev–Trinajstić information content (AvgIpc) is 2.51. The molecule has 0 unspecified atom stereocenters. The summed E-state index contributed by atoms with van der Waals surface area (Å²) in [4.78, 5) is 22.8. The van der Waals surface area contributed by atoms with E-state index in [9.17, 15) is 9.59 Å². The highest BCUT2D eigenvalue weighted by Gasteiger charge is 2.07. The number of hydrogen-bond acceptors (Lipinski definition) is 3. The Hall–Kier alpha value is -2.14. The number of halogens is 1. The molecule has 0 fully saturated rings. The molecule has 0 spiro atoms. The number of carbonyl (C=O) groups is 2. The summed E-state index contributed by atoms with van der Waals surface area (Å²) in [6.07, 6.45) is 0. The van der Waals surface area contributed by atoms with Crippen molar-refractivity contribution in [2.24, 2.45) is 0 Å². The van der Waals surface area contributed by atoms with Crippen molar-refractivity contribution < 1.29 is 14.3 Å². The van der Waals surface area contributed by atoms with Gasteiger partial charge in [-0.3, -0.25) is 4.79 Å². The van der Waals surface area contributed by atoms with Gasteiger partial charge in [0.15, 0.2) is 0 Å². The summed E-state index contributed by atoms with van der Waals surface area (Å²) in [6, 6.07) is 14.6. The molecule has 2 aromatic rings. The highest BCUT2D eigenvalue weighted by molar-refractivity contribution is 9.10. The lowest BCUT2D eigenvalue weighted by Gasteiger charge is -2.07. The topological polar surface area (TPSA) is 55.4 Å². The molecule has 0 heterocycles. The Labute approximate surface area is 137 Å². The van der Waals surface area contributed by atoms with Crippen LogP contribution in [-0.4, -0.2) is 11.9 Å². The number of hydrogen-bond donors (Lipinski definition) is 1. The van der Waals surface area contributed by atoms with Crippen molar-refractivity contribution in [3.05, 3.63) is 69.7 Å². The first-order chi connectivity index (χ1) is 10.5. The van der Waals surface area contributed by atoms with E-state index < -0.39 is 0 Å². The maximum atomic E-state index is 12.0. The highest BCUT2D eigenvalue weighted by Crippen LogP contribution is 2.13. The summed E-state index contributed by atoms with van der Waals surface area (Å²) in [6.45, 7) is 2.14. The summed E-state index contributed by atoms with van der Waals surface area (Å²) in [5.74, 6) is -0.455. The van der Waals surface area contributed by atoms with E-state index in [1.165, 1.54) is 6.92 Å². The minimum Gasteiger partial charge on any atom is -0.457 e. The van der Waals surface area contributed by atoms with Crippen LogP contribution in [0.5, 0.6) is 0 Å². The van der Waals surface area contributed by atoms with Crippen molar-refractivity contribution in [3.8, 4) is 0 Å². The molecule has 0 aliphatic rings. The molecule has 5 heteroatoms. The van der Waals surface area contributed by atoms with Gasteiger partial charge in [-0.15, -0.1) is 0 Å². The van der Waals surface area contributed by atoms with Crippen molar-refractivity contribution >= 4 is 27.8 Å². The highest BCUT2D eigenvalue weighted by atomic mass is 79.9. The molecule has 0 radical (unpaired) electrons. The minimum atomic E-state index is -0.369. The Balaban J connectivity index is 1.91. The molecule has 0 aliphatic heterocycles. The second kappa shape index (κ2) is 7.75. The number of nitrogens with one attached hydrogen (secondary N) is 1. The Bertz CT molecular complexity index is 668. The zero-order chi connectivity index (χ0) is 15.9. The molecule has 0 atom stereocenters. The van der Waals surface area contributed by atoms with Gasteiger partial charge < -0.3 is 10.1 Å². The monoisotopic (exact) mass is 361 g/mol. The first kappa shape index (κ1) is 16.2. The number of ether oxygens (including phenoxy) is 1. The molecule has 1 amide bonds. The number of carbonyl (C=O) groups excluding carboxylic acids is 2. The molecule has 0 saturated carbocycles. The van der Waals surface area contributed by atoms with Crippen LogP contribution in [0.1, 0.15) is 28.4 Å².